The van der Waals surface area contributed by atoms with Crippen molar-refractivity contribution in [3.05, 3.63) is 33.6 Å². The molecule has 1 aliphatic carbocycles. The lowest BCUT2D eigenvalue weighted by molar-refractivity contribution is 0.602. The van der Waals surface area contributed by atoms with E-state index in [1.165, 1.54) is 12.1 Å². The van der Waals surface area contributed by atoms with Crippen LogP contribution < -0.4 is 5.73 Å². The molecule has 2 rings (SSSR count). The van der Waals surface area contributed by atoms with Crippen LogP contribution in [0.5, 0.6) is 0 Å². The maximum atomic E-state index is 13.2. The van der Waals surface area contributed by atoms with E-state index in [2.05, 4.69) is 0 Å². The van der Waals surface area contributed by atoms with E-state index in [9.17, 15) is 4.39 Å². The standard InChI is InChI=1S/C10H10Cl2FN/c11-6-3-4-7(13)9(12)8(6)10(14)5-1-2-5/h3-5,10H,1-2,14H2/t10-/m1/s1. The second-order valence-corrected chi connectivity index (χ2v) is 4.41. The first kappa shape index (κ1) is 10.2. The van der Waals surface area contributed by atoms with Gasteiger partial charge in [-0.1, -0.05) is 23.2 Å². The zero-order chi connectivity index (χ0) is 10.3. The molecular formula is C10H10Cl2FN. The van der Waals surface area contributed by atoms with Gasteiger partial charge in [-0.15, -0.1) is 0 Å². The van der Waals surface area contributed by atoms with Crippen molar-refractivity contribution in [2.75, 3.05) is 0 Å². The largest absolute Gasteiger partial charge is 0.324 e. The number of nitrogens with two attached hydrogens (primary N) is 1. The number of halogens is 3. The summed E-state index contributed by atoms with van der Waals surface area (Å²) < 4.78 is 13.2. The number of hydrogen-bond donors (Lipinski definition) is 1. The molecule has 0 aliphatic heterocycles. The first-order valence-corrected chi connectivity index (χ1v) is 5.26. The topological polar surface area (TPSA) is 26.0 Å². The summed E-state index contributed by atoms with van der Waals surface area (Å²) in [4.78, 5) is 0. The molecule has 14 heavy (non-hydrogen) atoms. The van der Waals surface area contributed by atoms with Gasteiger partial charge in [0.15, 0.2) is 0 Å². The Morgan fingerprint density at radius 1 is 1.36 bits per heavy atom. The summed E-state index contributed by atoms with van der Waals surface area (Å²) in [5.41, 5.74) is 6.49. The molecule has 1 atom stereocenters. The van der Waals surface area contributed by atoms with Gasteiger partial charge < -0.3 is 5.73 Å². The Labute approximate surface area is 92.0 Å². The molecule has 0 radical (unpaired) electrons. The van der Waals surface area contributed by atoms with Gasteiger partial charge in [-0.3, -0.25) is 0 Å². The molecule has 0 bridgehead atoms. The average molecular weight is 234 g/mol. The molecule has 1 fully saturated rings. The van der Waals surface area contributed by atoms with Crippen molar-refractivity contribution in [2.45, 2.75) is 18.9 Å². The fraction of sp³-hybridized carbons (Fsp3) is 0.400. The van der Waals surface area contributed by atoms with Crippen LogP contribution in [0.3, 0.4) is 0 Å². The van der Waals surface area contributed by atoms with Crippen LogP contribution in [0.1, 0.15) is 24.4 Å². The lowest BCUT2D eigenvalue weighted by atomic mass is 10.0. The minimum atomic E-state index is -0.456. The van der Waals surface area contributed by atoms with Crippen molar-refractivity contribution in [1.82, 2.24) is 0 Å². The summed E-state index contributed by atoms with van der Waals surface area (Å²) in [5.74, 6) is -0.0473. The molecule has 0 unspecified atom stereocenters. The van der Waals surface area contributed by atoms with Crippen LogP contribution in [0.25, 0.3) is 0 Å². The van der Waals surface area contributed by atoms with Gasteiger partial charge >= 0.3 is 0 Å². The van der Waals surface area contributed by atoms with E-state index in [0.29, 0.717) is 16.5 Å². The molecule has 0 spiro atoms. The third-order valence-electron chi connectivity index (χ3n) is 2.54. The monoisotopic (exact) mass is 233 g/mol. The second kappa shape index (κ2) is 3.69. The fourth-order valence-electron chi connectivity index (χ4n) is 1.54. The van der Waals surface area contributed by atoms with Crippen molar-refractivity contribution in [2.24, 2.45) is 11.7 Å². The molecule has 0 amide bonds. The molecule has 1 aliphatic rings. The molecule has 1 aromatic rings. The van der Waals surface area contributed by atoms with Crippen molar-refractivity contribution in [3.63, 3.8) is 0 Å². The van der Waals surface area contributed by atoms with Crippen molar-refractivity contribution < 1.29 is 4.39 Å². The minimum absolute atomic E-state index is 0.0666. The SMILES string of the molecule is N[C@@H](c1c(Cl)ccc(F)c1Cl)C1CC1. The van der Waals surface area contributed by atoms with Crippen molar-refractivity contribution >= 4 is 23.2 Å². The molecular weight excluding hydrogens is 224 g/mol. The summed E-state index contributed by atoms with van der Waals surface area (Å²) in [6, 6.07) is 2.53. The third kappa shape index (κ3) is 1.74. The van der Waals surface area contributed by atoms with Gasteiger partial charge in [0.1, 0.15) is 5.82 Å². The van der Waals surface area contributed by atoms with Crippen LogP contribution in [-0.4, -0.2) is 0 Å². The second-order valence-electron chi connectivity index (χ2n) is 3.62. The summed E-state index contributed by atoms with van der Waals surface area (Å²) in [6.45, 7) is 0. The zero-order valence-electron chi connectivity index (χ0n) is 7.43. The van der Waals surface area contributed by atoms with Crippen LogP contribution in [0.4, 0.5) is 4.39 Å². The predicted octanol–water partition coefficient (Wildman–Crippen LogP) is 3.54. The molecule has 76 valence electrons. The van der Waals surface area contributed by atoms with Gasteiger partial charge in [0.2, 0.25) is 0 Å². The van der Waals surface area contributed by atoms with Gasteiger partial charge in [-0.05, 0) is 30.9 Å². The number of benzene rings is 1. The number of rotatable bonds is 2. The van der Waals surface area contributed by atoms with Gasteiger partial charge in [0.25, 0.3) is 0 Å². The van der Waals surface area contributed by atoms with Gasteiger partial charge in [0, 0.05) is 16.6 Å². The smallest absolute Gasteiger partial charge is 0.142 e. The Hall–Kier alpha value is -0.310. The maximum absolute atomic E-state index is 13.2. The van der Waals surface area contributed by atoms with E-state index >= 15 is 0 Å². The summed E-state index contributed by atoms with van der Waals surface area (Å²) in [5, 5.41) is 0.521. The fourth-order valence-corrected chi connectivity index (χ4v) is 2.16. The highest BCUT2D eigenvalue weighted by Crippen LogP contribution is 2.44. The molecule has 2 N–H and O–H groups in total. The predicted molar refractivity (Wildman–Crippen MR) is 56.1 cm³/mol. The molecule has 0 aromatic heterocycles. The Bertz CT molecular complexity index is 363. The molecule has 4 heteroatoms. The van der Waals surface area contributed by atoms with E-state index in [-0.39, 0.29) is 11.1 Å². The average Bonchev–Trinajstić information content (AvgIpc) is 2.95. The summed E-state index contributed by atoms with van der Waals surface area (Å²) >= 11 is 11.8. The summed E-state index contributed by atoms with van der Waals surface area (Å²) in [7, 11) is 0. The van der Waals surface area contributed by atoms with Gasteiger partial charge in [-0.2, -0.15) is 0 Å². The Kier molecular flexibility index (Phi) is 2.69. The first-order chi connectivity index (χ1) is 6.61. The van der Waals surface area contributed by atoms with Crippen LogP contribution >= 0.6 is 23.2 Å². The summed E-state index contributed by atoms with van der Waals surface area (Å²) in [6.07, 6.45) is 2.15. The van der Waals surface area contributed by atoms with Crippen LogP contribution in [-0.2, 0) is 0 Å². The van der Waals surface area contributed by atoms with Gasteiger partial charge in [0.05, 0.1) is 5.02 Å². The van der Waals surface area contributed by atoms with Crippen LogP contribution in [0.15, 0.2) is 12.1 Å². The zero-order valence-corrected chi connectivity index (χ0v) is 8.95. The highest BCUT2D eigenvalue weighted by Gasteiger charge is 2.32. The normalized spacial score (nSPS) is 18.3. The van der Waals surface area contributed by atoms with Crippen molar-refractivity contribution in [3.8, 4) is 0 Å². The first-order valence-electron chi connectivity index (χ1n) is 4.50. The van der Waals surface area contributed by atoms with E-state index in [4.69, 9.17) is 28.9 Å². The highest BCUT2D eigenvalue weighted by atomic mass is 35.5. The lowest BCUT2D eigenvalue weighted by Crippen LogP contribution is -2.14. The highest BCUT2D eigenvalue weighted by molar-refractivity contribution is 6.36. The van der Waals surface area contributed by atoms with E-state index in [1.54, 1.807) is 0 Å². The maximum Gasteiger partial charge on any atom is 0.142 e. The molecule has 1 saturated carbocycles. The van der Waals surface area contributed by atoms with Gasteiger partial charge in [-0.25, -0.2) is 4.39 Å². The van der Waals surface area contributed by atoms with Crippen molar-refractivity contribution in [1.29, 1.82) is 0 Å². The molecule has 1 aromatic carbocycles. The molecule has 1 nitrogen and oxygen atoms in total. The van der Waals surface area contributed by atoms with E-state index in [1.807, 2.05) is 0 Å². The Morgan fingerprint density at radius 3 is 2.57 bits per heavy atom. The van der Waals surface area contributed by atoms with Crippen LogP contribution in [0.2, 0.25) is 10.0 Å². The molecule has 0 heterocycles. The van der Waals surface area contributed by atoms with Crippen LogP contribution in [0, 0.1) is 11.7 Å². The Morgan fingerprint density at radius 2 is 2.00 bits per heavy atom. The Balaban J connectivity index is 2.43. The lowest BCUT2D eigenvalue weighted by Gasteiger charge is -2.14. The van der Waals surface area contributed by atoms with E-state index in [0.717, 1.165) is 12.8 Å². The molecule has 0 saturated heterocycles. The third-order valence-corrected chi connectivity index (χ3v) is 3.26. The van der Waals surface area contributed by atoms with E-state index < -0.39 is 5.82 Å². The number of hydrogen-bond acceptors (Lipinski definition) is 1. The quantitative estimate of drug-likeness (QED) is 0.778. The minimum Gasteiger partial charge on any atom is -0.324 e.